The summed E-state index contributed by atoms with van der Waals surface area (Å²) in [6.07, 6.45) is 0.437. The van der Waals surface area contributed by atoms with Gasteiger partial charge >= 0.3 is 5.97 Å². The quantitative estimate of drug-likeness (QED) is 0.724. The molecule has 0 radical (unpaired) electrons. The zero-order chi connectivity index (χ0) is 12.1. The van der Waals surface area contributed by atoms with Crippen LogP contribution in [-0.2, 0) is 4.79 Å². The Balaban J connectivity index is 0.00000256. The second-order valence-corrected chi connectivity index (χ2v) is 4.92. The van der Waals surface area contributed by atoms with Crippen LogP contribution in [0.3, 0.4) is 0 Å². The van der Waals surface area contributed by atoms with Crippen molar-refractivity contribution in [1.82, 2.24) is 5.32 Å². The molecule has 0 aliphatic carbocycles. The summed E-state index contributed by atoms with van der Waals surface area (Å²) in [7, 11) is 0. The number of carboxylic acids is 1. The molecule has 1 heterocycles. The van der Waals surface area contributed by atoms with E-state index in [1.165, 1.54) is 11.3 Å². The Labute approximate surface area is 110 Å². The Kier molecular flexibility index (Phi) is 6.83. The number of hydrogen-bond donors (Lipinski definition) is 2. The topological polar surface area (TPSA) is 66.4 Å². The molecule has 0 aliphatic rings. The van der Waals surface area contributed by atoms with E-state index in [1.54, 1.807) is 17.5 Å². The lowest BCUT2D eigenvalue weighted by Crippen LogP contribution is -3.00. The van der Waals surface area contributed by atoms with Crippen molar-refractivity contribution in [3.63, 3.8) is 0 Å². The Morgan fingerprint density at radius 1 is 1.47 bits per heavy atom. The minimum atomic E-state index is -0.987. The van der Waals surface area contributed by atoms with Crippen molar-refractivity contribution in [2.45, 2.75) is 26.3 Å². The van der Waals surface area contributed by atoms with Gasteiger partial charge in [0, 0.05) is 0 Å². The lowest BCUT2D eigenvalue weighted by molar-refractivity contribution is -0.139. The number of nitrogens with one attached hydrogen (secondary N) is 1. The van der Waals surface area contributed by atoms with Crippen molar-refractivity contribution in [1.29, 1.82) is 0 Å². The van der Waals surface area contributed by atoms with Gasteiger partial charge < -0.3 is 22.8 Å². The number of carbonyl (C=O) groups is 2. The number of amides is 1. The number of hydrogen-bond acceptors (Lipinski definition) is 3. The van der Waals surface area contributed by atoms with E-state index < -0.39 is 12.0 Å². The Morgan fingerprint density at radius 3 is 2.53 bits per heavy atom. The van der Waals surface area contributed by atoms with Gasteiger partial charge in [-0.2, -0.15) is 0 Å². The fraction of sp³-hybridized carbons (Fsp3) is 0.455. The summed E-state index contributed by atoms with van der Waals surface area (Å²) in [6.45, 7) is 3.85. The first-order valence-corrected chi connectivity index (χ1v) is 5.96. The number of aliphatic carboxylic acids is 1. The van der Waals surface area contributed by atoms with Crippen LogP contribution in [0.15, 0.2) is 17.5 Å². The highest BCUT2D eigenvalue weighted by atomic mass is 35.5. The maximum atomic E-state index is 11.6. The molecule has 0 aliphatic heterocycles. The fourth-order valence-corrected chi connectivity index (χ4v) is 1.96. The standard InChI is InChI=1S/C11H15NO3S.ClH/c1-7(2)6-8(11(14)15)12-10(13)9-4-3-5-16-9;/h3-5,7-8H,6H2,1-2H3,(H,12,13)(H,14,15);1H/p-1. The molecular weight excluding hydrogens is 262 g/mol. The van der Waals surface area contributed by atoms with Crippen LogP contribution in [0.25, 0.3) is 0 Å². The third kappa shape index (κ3) is 5.19. The summed E-state index contributed by atoms with van der Waals surface area (Å²) in [5.41, 5.74) is 0. The molecule has 1 rings (SSSR count). The van der Waals surface area contributed by atoms with Gasteiger partial charge in [0.1, 0.15) is 6.04 Å². The largest absolute Gasteiger partial charge is 1.00 e. The van der Waals surface area contributed by atoms with Gasteiger partial charge in [-0.15, -0.1) is 11.3 Å². The number of carbonyl (C=O) groups excluding carboxylic acids is 1. The van der Waals surface area contributed by atoms with Crippen molar-refractivity contribution < 1.29 is 27.1 Å². The monoisotopic (exact) mass is 276 g/mol. The highest BCUT2D eigenvalue weighted by molar-refractivity contribution is 7.12. The molecule has 0 spiro atoms. The van der Waals surface area contributed by atoms with Crippen molar-refractivity contribution in [2.24, 2.45) is 5.92 Å². The van der Waals surface area contributed by atoms with E-state index in [0.717, 1.165) is 0 Å². The highest BCUT2D eigenvalue weighted by Crippen LogP contribution is 2.10. The molecule has 1 unspecified atom stereocenters. The number of thiophene rings is 1. The summed E-state index contributed by atoms with van der Waals surface area (Å²) >= 11 is 1.30. The minimum Gasteiger partial charge on any atom is -1.00 e. The SMILES string of the molecule is CC(C)CC(NC(=O)c1cccs1)C(=O)O.[Cl-]. The van der Waals surface area contributed by atoms with Crippen LogP contribution in [0.1, 0.15) is 29.9 Å². The summed E-state index contributed by atoms with van der Waals surface area (Å²) in [5, 5.41) is 13.3. The van der Waals surface area contributed by atoms with E-state index in [1.807, 2.05) is 13.8 Å². The molecule has 0 saturated carbocycles. The summed E-state index contributed by atoms with van der Waals surface area (Å²) < 4.78 is 0. The van der Waals surface area contributed by atoms with Crippen LogP contribution in [-0.4, -0.2) is 23.0 Å². The van der Waals surface area contributed by atoms with E-state index >= 15 is 0 Å². The zero-order valence-electron chi connectivity index (χ0n) is 9.64. The van der Waals surface area contributed by atoms with Crippen molar-refractivity contribution in [2.75, 3.05) is 0 Å². The first kappa shape index (κ1) is 15.9. The van der Waals surface area contributed by atoms with E-state index in [-0.39, 0.29) is 24.2 Å². The summed E-state index contributed by atoms with van der Waals surface area (Å²) in [4.78, 5) is 23.1. The molecular formula is C11H15ClNO3S-. The van der Waals surface area contributed by atoms with Gasteiger partial charge in [-0.25, -0.2) is 4.79 Å². The Bertz CT molecular complexity index is 365. The molecule has 1 aromatic rings. The number of halogens is 1. The second-order valence-electron chi connectivity index (χ2n) is 3.97. The van der Waals surface area contributed by atoms with Gasteiger partial charge in [0.05, 0.1) is 4.88 Å². The second kappa shape index (κ2) is 7.29. The molecule has 1 atom stereocenters. The van der Waals surface area contributed by atoms with Gasteiger partial charge in [-0.3, -0.25) is 4.79 Å². The molecule has 4 nitrogen and oxygen atoms in total. The predicted molar refractivity (Wildman–Crippen MR) is 62.7 cm³/mol. The zero-order valence-corrected chi connectivity index (χ0v) is 11.2. The van der Waals surface area contributed by atoms with E-state index in [0.29, 0.717) is 11.3 Å². The average molecular weight is 277 g/mol. The van der Waals surface area contributed by atoms with Crippen LogP contribution in [0.5, 0.6) is 0 Å². The fourth-order valence-electron chi connectivity index (χ4n) is 1.33. The lowest BCUT2D eigenvalue weighted by Gasteiger charge is -2.15. The maximum Gasteiger partial charge on any atom is 0.326 e. The van der Waals surface area contributed by atoms with Gasteiger partial charge in [-0.1, -0.05) is 19.9 Å². The van der Waals surface area contributed by atoms with E-state index in [9.17, 15) is 9.59 Å². The number of carboxylic acid groups (broad SMARTS) is 1. The van der Waals surface area contributed by atoms with Crippen molar-refractivity contribution in [3.8, 4) is 0 Å². The van der Waals surface area contributed by atoms with Crippen molar-refractivity contribution in [3.05, 3.63) is 22.4 Å². The smallest absolute Gasteiger partial charge is 0.326 e. The van der Waals surface area contributed by atoms with Crippen molar-refractivity contribution >= 4 is 23.2 Å². The predicted octanol–water partition coefficient (Wildman–Crippen LogP) is -1.02. The van der Waals surface area contributed by atoms with Gasteiger partial charge in [0.25, 0.3) is 5.91 Å². The average Bonchev–Trinajstić information content (AvgIpc) is 2.68. The molecule has 6 heteroatoms. The van der Waals surface area contributed by atoms with Gasteiger partial charge in [-0.05, 0) is 23.8 Å². The van der Waals surface area contributed by atoms with E-state index in [2.05, 4.69) is 5.32 Å². The highest BCUT2D eigenvalue weighted by Gasteiger charge is 2.21. The third-order valence-electron chi connectivity index (χ3n) is 2.06. The third-order valence-corrected chi connectivity index (χ3v) is 2.92. The van der Waals surface area contributed by atoms with Crippen LogP contribution in [0, 0.1) is 5.92 Å². The Morgan fingerprint density at radius 2 is 2.12 bits per heavy atom. The number of rotatable bonds is 5. The lowest BCUT2D eigenvalue weighted by atomic mass is 10.0. The van der Waals surface area contributed by atoms with Gasteiger partial charge in [0.2, 0.25) is 0 Å². The molecule has 96 valence electrons. The van der Waals surface area contributed by atoms with Crippen LogP contribution in [0.2, 0.25) is 0 Å². The van der Waals surface area contributed by atoms with Crippen LogP contribution < -0.4 is 17.7 Å². The Hall–Kier alpha value is -1.07. The van der Waals surface area contributed by atoms with Crippen LogP contribution in [0.4, 0.5) is 0 Å². The molecule has 0 bridgehead atoms. The molecule has 1 aromatic heterocycles. The van der Waals surface area contributed by atoms with E-state index in [4.69, 9.17) is 5.11 Å². The molecule has 0 aromatic carbocycles. The normalized spacial score (nSPS) is 11.7. The maximum absolute atomic E-state index is 11.6. The van der Waals surface area contributed by atoms with Gasteiger partial charge in [0.15, 0.2) is 0 Å². The molecule has 0 fully saturated rings. The molecule has 0 saturated heterocycles. The van der Waals surface area contributed by atoms with Crippen LogP contribution >= 0.6 is 11.3 Å². The summed E-state index contributed by atoms with van der Waals surface area (Å²) in [5.74, 6) is -1.08. The minimum absolute atomic E-state index is 0. The molecule has 1 amide bonds. The first-order chi connectivity index (χ1) is 7.50. The molecule has 17 heavy (non-hydrogen) atoms. The summed E-state index contributed by atoms with van der Waals surface area (Å²) in [6, 6.07) is 2.63. The molecule has 2 N–H and O–H groups in total. The first-order valence-electron chi connectivity index (χ1n) is 5.08.